The first-order valence-corrected chi connectivity index (χ1v) is 11.2. The summed E-state index contributed by atoms with van der Waals surface area (Å²) in [6, 6.07) is 11.8. The molecule has 3 rings (SSSR count). The van der Waals surface area contributed by atoms with Crippen molar-refractivity contribution >= 4 is 39.1 Å². The van der Waals surface area contributed by atoms with Gasteiger partial charge in [0.2, 0.25) is 15.9 Å². The standard InChI is InChI=1S/C20H22ClN3O4S/c1-22-29(27,28)13-15-6-3-2-5-14(15)12-23-20(26)17-9-8-16(21)11-18(17)24-10-4-7-19(24)25/h2-3,5-6,8-9,11,22H,4,7,10,12-13H2,1H3,(H,23,26). The molecular weight excluding hydrogens is 414 g/mol. The van der Waals surface area contributed by atoms with Crippen molar-refractivity contribution in [3.8, 4) is 0 Å². The number of nitrogens with zero attached hydrogens (tertiary/aromatic N) is 1. The number of hydrogen-bond acceptors (Lipinski definition) is 4. The zero-order chi connectivity index (χ0) is 21.0. The van der Waals surface area contributed by atoms with Gasteiger partial charge in [0.1, 0.15) is 0 Å². The fourth-order valence-electron chi connectivity index (χ4n) is 3.24. The maximum atomic E-state index is 12.8. The van der Waals surface area contributed by atoms with Crippen LogP contribution in [0.1, 0.15) is 34.3 Å². The third kappa shape index (κ3) is 5.14. The minimum Gasteiger partial charge on any atom is -0.348 e. The van der Waals surface area contributed by atoms with E-state index < -0.39 is 10.0 Å². The highest BCUT2D eigenvalue weighted by Crippen LogP contribution is 2.28. The van der Waals surface area contributed by atoms with E-state index in [0.717, 1.165) is 6.42 Å². The van der Waals surface area contributed by atoms with E-state index in [2.05, 4.69) is 10.0 Å². The van der Waals surface area contributed by atoms with Crippen LogP contribution in [0.5, 0.6) is 0 Å². The number of anilines is 1. The van der Waals surface area contributed by atoms with Gasteiger partial charge in [-0.25, -0.2) is 13.1 Å². The van der Waals surface area contributed by atoms with Crippen LogP contribution in [-0.2, 0) is 27.1 Å². The average molecular weight is 436 g/mol. The smallest absolute Gasteiger partial charge is 0.253 e. The Hall–Kier alpha value is -2.42. The number of sulfonamides is 1. The van der Waals surface area contributed by atoms with Crippen molar-refractivity contribution in [3.05, 3.63) is 64.2 Å². The summed E-state index contributed by atoms with van der Waals surface area (Å²) in [6.07, 6.45) is 1.18. The number of hydrogen-bond donors (Lipinski definition) is 2. The van der Waals surface area contributed by atoms with Crippen molar-refractivity contribution in [2.75, 3.05) is 18.5 Å². The van der Waals surface area contributed by atoms with Crippen LogP contribution in [0.25, 0.3) is 0 Å². The summed E-state index contributed by atoms with van der Waals surface area (Å²) in [5.74, 6) is -0.573. The first-order valence-electron chi connectivity index (χ1n) is 9.17. The Balaban J connectivity index is 1.80. The number of amides is 2. The van der Waals surface area contributed by atoms with Gasteiger partial charge in [0.15, 0.2) is 0 Å². The Kier molecular flexibility index (Phi) is 6.56. The van der Waals surface area contributed by atoms with Crippen molar-refractivity contribution in [1.82, 2.24) is 10.0 Å². The largest absolute Gasteiger partial charge is 0.348 e. The first kappa shape index (κ1) is 21.3. The second-order valence-electron chi connectivity index (χ2n) is 6.72. The molecule has 1 aliphatic heterocycles. The van der Waals surface area contributed by atoms with Crippen LogP contribution in [-0.4, -0.2) is 33.8 Å². The van der Waals surface area contributed by atoms with Gasteiger partial charge in [-0.1, -0.05) is 35.9 Å². The number of carbonyl (C=O) groups excluding carboxylic acids is 2. The van der Waals surface area contributed by atoms with Gasteiger partial charge in [0, 0.05) is 24.5 Å². The van der Waals surface area contributed by atoms with Gasteiger partial charge in [-0.3, -0.25) is 9.59 Å². The highest BCUT2D eigenvalue weighted by atomic mass is 35.5. The first-order chi connectivity index (χ1) is 13.8. The van der Waals surface area contributed by atoms with E-state index in [9.17, 15) is 18.0 Å². The highest BCUT2D eigenvalue weighted by Gasteiger charge is 2.26. The molecule has 2 aromatic carbocycles. The molecule has 0 aromatic heterocycles. The summed E-state index contributed by atoms with van der Waals surface area (Å²) < 4.78 is 26.1. The molecule has 0 radical (unpaired) electrons. The molecule has 0 unspecified atom stereocenters. The number of nitrogens with one attached hydrogen (secondary N) is 2. The Morgan fingerprint density at radius 3 is 2.55 bits per heavy atom. The van der Waals surface area contributed by atoms with E-state index in [1.54, 1.807) is 47.4 Å². The highest BCUT2D eigenvalue weighted by molar-refractivity contribution is 7.88. The van der Waals surface area contributed by atoms with Crippen LogP contribution in [0.2, 0.25) is 5.02 Å². The number of carbonyl (C=O) groups is 2. The zero-order valence-corrected chi connectivity index (χ0v) is 17.5. The van der Waals surface area contributed by atoms with Crippen LogP contribution in [0.4, 0.5) is 5.69 Å². The quantitative estimate of drug-likeness (QED) is 0.698. The zero-order valence-electron chi connectivity index (χ0n) is 15.9. The molecular formula is C20H22ClN3O4S. The van der Waals surface area contributed by atoms with Crippen LogP contribution in [0.3, 0.4) is 0 Å². The molecule has 1 saturated heterocycles. The normalized spacial score (nSPS) is 14.3. The van der Waals surface area contributed by atoms with E-state index in [1.165, 1.54) is 7.05 Å². The van der Waals surface area contributed by atoms with Crippen molar-refractivity contribution in [2.45, 2.75) is 25.1 Å². The molecule has 154 valence electrons. The second-order valence-corrected chi connectivity index (χ2v) is 9.09. The summed E-state index contributed by atoms with van der Waals surface area (Å²) >= 11 is 6.08. The molecule has 2 amide bonds. The molecule has 0 bridgehead atoms. The van der Waals surface area contributed by atoms with Gasteiger partial charge in [0.05, 0.1) is 17.0 Å². The number of halogens is 1. The lowest BCUT2D eigenvalue weighted by atomic mass is 10.1. The third-order valence-corrected chi connectivity index (χ3v) is 6.33. The lowest BCUT2D eigenvalue weighted by Crippen LogP contribution is -2.30. The molecule has 0 aliphatic carbocycles. The molecule has 0 saturated carbocycles. The lowest BCUT2D eigenvalue weighted by Gasteiger charge is -2.20. The van der Waals surface area contributed by atoms with E-state index in [-0.39, 0.29) is 24.1 Å². The molecule has 0 atom stereocenters. The van der Waals surface area contributed by atoms with Crippen LogP contribution >= 0.6 is 11.6 Å². The summed E-state index contributed by atoms with van der Waals surface area (Å²) in [7, 11) is -2.07. The predicted molar refractivity (Wildman–Crippen MR) is 112 cm³/mol. The maximum absolute atomic E-state index is 12.8. The molecule has 7 nitrogen and oxygen atoms in total. The summed E-state index contributed by atoms with van der Waals surface area (Å²) in [5.41, 5.74) is 2.15. The minimum atomic E-state index is -3.44. The van der Waals surface area contributed by atoms with Crippen molar-refractivity contribution in [2.24, 2.45) is 0 Å². The number of benzene rings is 2. The average Bonchev–Trinajstić information content (AvgIpc) is 3.12. The summed E-state index contributed by atoms with van der Waals surface area (Å²) in [5, 5.41) is 3.27. The van der Waals surface area contributed by atoms with E-state index in [4.69, 9.17) is 11.6 Å². The minimum absolute atomic E-state index is 0.0380. The summed E-state index contributed by atoms with van der Waals surface area (Å²) in [6.45, 7) is 0.703. The monoisotopic (exact) mass is 435 g/mol. The SMILES string of the molecule is CNS(=O)(=O)Cc1ccccc1CNC(=O)c1ccc(Cl)cc1N1CCCC1=O. The van der Waals surface area contributed by atoms with Crippen molar-refractivity contribution in [1.29, 1.82) is 0 Å². The maximum Gasteiger partial charge on any atom is 0.253 e. The molecule has 1 heterocycles. The second kappa shape index (κ2) is 8.94. The molecule has 1 fully saturated rings. The van der Waals surface area contributed by atoms with Crippen molar-refractivity contribution < 1.29 is 18.0 Å². The van der Waals surface area contributed by atoms with Gasteiger partial charge in [-0.15, -0.1) is 0 Å². The van der Waals surface area contributed by atoms with Crippen LogP contribution < -0.4 is 14.9 Å². The van der Waals surface area contributed by atoms with Gasteiger partial charge in [0.25, 0.3) is 5.91 Å². The van der Waals surface area contributed by atoms with Gasteiger partial charge >= 0.3 is 0 Å². The lowest BCUT2D eigenvalue weighted by molar-refractivity contribution is -0.117. The molecule has 29 heavy (non-hydrogen) atoms. The van der Waals surface area contributed by atoms with Crippen LogP contribution in [0.15, 0.2) is 42.5 Å². The van der Waals surface area contributed by atoms with Gasteiger partial charge in [-0.2, -0.15) is 0 Å². The Morgan fingerprint density at radius 1 is 1.17 bits per heavy atom. The molecule has 9 heteroatoms. The molecule has 0 spiro atoms. The van der Waals surface area contributed by atoms with Gasteiger partial charge < -0.3 is 10.2 Å². The molecule has 2 N–H and O–H groups in total. The fourth-order valence-corrected chi connectivity index (χ4v) is 4.24. The Morgan fingerprint density at radius 2 is 1.90 bits per heavy atom. The topological polar surface area (TPSA) is 95.6 Å². The third-order valence-electron chi connectivity index (χ3n) is 4.78. The molecule has 2 aromatic rings. The number of rotatable bonds is 7. The van der Waals surface area contributed by atoms with Crippen molar-refractivity contribution in [3.63, 3.8) is 0 Å². The Labute approximate surface area is 175 Å². The summed E-state index contributed by atoms with van der Waals surface area (Å²) in [4.78, 5) is 26.6. The van der Waals surface area contributed by atoms with Crippen LogP contribution in [0, 0.1) is 0 Å². The van der Waals surface area contributed by atoms with E-state index in [0.29, 0.717) is 40.4 Å². The molecule has 1 aliphatic rings. The Bertz CT molecular complexity index is 1040. The fraction of sp³-hybridized carbons (Fsp3) is 0.300. The predicted octanol–water partition coefficient (Wildman–Crippen LogP) is 2.45. The van der Waals surface area contributed by atoms with E-state index >= 15 is 0 Å². The van der Waals surface area contributed by atoms with E-state index in [1.807, 2.05) is 0 Å². The van der Waals surface area contributed by atoms with Gasteiger partial charge in [-0.05, 0) is 42.8 Å².